The van der Waals surface area contributed by atoms with Gasteiger partial charge in [0, 0.05) is 20.1 Å². The van der Waals surface area contributed by atoms with Crippen LogP contribution < -0.4 is 5.32 Å². The molecule has 9 heteroatoms. The van der Waals surface area contributed by atoms with Crippen LogP contribution in [0.4, 0.5) is 5.82 Å². The summed E-state index contributed by atoms with van der Waals surface area (Å²) in [6, 6.07) is 5.30. The fraction of sp³-hybridized carbons (Fsp3) is 0.231. The number of sulfonamides is 1. The van der Waals surface area contributed by atoms with E-state index in [9.17, 15) is 8.42 Å². The van der Waals surface area contributed by atoms with Gasteiger partial charge in [-0.2, -0.15) is 4.31 Å². The first-order valence-electron chi connectivity index (χ1n) is 6.51. The molecule has 0 bridgehead atoms. The van der Waals surface area contributed by atoms with E-state index in [0.717, 1.165) is 16.0 Å². The highest BCUT2D eigenvalue weighted by Gasteiger charge is 2.21. The molecule has 0 atom stereocenters. The molecule has 0 spiro atoms. The fourth-order valence-corrected chi connectivity index (χ4v) is 5.05. The minimum Gasteiger partial charge on any atom is -0.368 e. The van der Waals surface area contributed by atoms with E-state index in [1.165, 1.54) is 22.0 Å². The third-order valence-electron chi connectivity index (χ3n) is 3.14. The molecule has 0 saturated heterocycles. The molecule has 0 aliphatic carbocycles. The molecular formula is C13H14N4O2S3. The van der Waals surface area contributed by atoms with Gasteiger partial charge in [0.25, 0.3) is 10.0 Å². The molecule has 3 heterocycles. The summed E-state index contributed by atoms with van der Waals surface area (Å²) in [4.78, 5) is 9.30. The number of hydrogen-bond acceptors (Lipinski definition) is 7. The predicted molar refractivity (Wildman–Crippen MR) is 90.0 cm³/mol. The van der Waals surface area contributed by atoms with Crippen LogP contribution in [0.2, 0.25) is 0 Å². The third kappa shape index (κ3) is 2.98. The van der Waals surface area contributed by atoms with Crippen molar-refractivity contribution in [2.45, 2.75) is 4.21 Å². The molecule has 0 fully saturated rings. The molecule has 0 amide bonds. The highest BCUT2D eigenvalue weighted by atomic mass is 32.2. The quantitative estimate of drug-likeness (QED) is 0.736. The highest BCUT2D eigenvalue weighted by Crippen LogP contribution is 2.23. The van der Waals surface area contributed by atoms with E-state index in [4.69, 9.17) is 0 Å². The number of fused-ring (bicyclic) bond motifs is 1. The lowest BCUT2D eigenvalue weighted by Crippen LogP contribution is -2.31. The molecule has 22 heavy (non-hydrogen) atoms. The minimum absolute atomic E-state index is 0.357. The second-order valence-corrected chi connectivity index (χ2v) is 8.66. The number of aromatic nitrogens is 2. The van der Waals surface area contributed by atoms with Crippen molar-refractivity contribution in [3.8, 4) is 0 Å². The Hall–Kier alpha value is -1.55. The molecule has 0 saturated carbocycles. The van der Waals surface area contributed by atoms with Crippen molar-refractivity contribution in [3.63, 3.8) is 0 Å². The normalized spacial score (nSPS) is 12.1. The fourth-order valence-electron chi connectivity index (χ4n) is 1.95. The van der Waals surface area contributed by atoms with Gasteiger partial charge >= 0.3 is 0 Å². The van der Waals surface area contributed by atoms with E-state index in [2.05, 4.69) is 15.3 Å². The van der Waals surface area contributed by atoms with Crippen molar-refractivity contribution in [1.82, 2.24) is 14.3 Å². The summed E-state index contributed by atoms with van der Waals surface area (Å²) in [5.41, 5.74) is 0. The number of likely N-dealkylation sites (N-methyl/N-ethyl adjacent to an activating group) is 1. The molecule has 3 aromatic heterocycles. The number of rotatable bonds is 6. The molecule has 3 rings (SSSR count). The van der Waals surface area contributed by atoms with Crippen molar-refractivity contribution in [2.24, 2.45) is 0 Å². The SMILES string of the molecule is CN(CCNc1ncnc2sccc12)S(=O)(=O)c1cccs1. The van der Waals surface area contributed by atoms with E-state index in [1.54, 1.807) is 35.9 Å². The molecule has 0 aromatic carbocycles. The maximum atomic E-state index is 12.3. The first-order chi connectivity index (χ1) is 10.6. The number of nitrogens with one attached hydrogen (secondary N) is 1. The lowest BCUT2D eigenvalue weighted by atomic mass is 10.4. The third-order valence-corrected chi connectivity index (χ3v) is 7.19. The summed E-state index contributed by atoms with van der Waals surface area (Å²) >= 11 is 2.77. The van der Waals surface area contributed by atoms with Crippen LogP contribution in [0.3, 0.4) is 0 Å². The first kappa shape index (κ1) is 15.3. The average molecular weight is 354 g/mol. The Labute approximate surface area is 136 Å². The second kappa shape index (κ2) is 6.29. The van der Waals surface area contributed by atoms with Gasteiger partial charge in [0.15, 0.2) is 0 Å². The summed E-state index contributed by atoms with van der Waals surface area (Å²) in [5, 5.41) is 7.84. The Kier molecular flexibility index (Phi) is 4.39. The van der Waals surface area contributed by atoms with Gasteiger partial charge in [-0.15, -0.1) is 22.7 Å². The molecule has 1 N–H and O–H groups in total. The van der Waals surface area contributed by atoms with Gasteiger partial charge in [0.2, 0.25) is 0 Å². The van der Waals surface area contributed by atoms with Crippen molar-refractivity contribution < 1.29 is 8.42 Å². The monoisotopic (exact) mass is 354 g/mol. The average Bonchev–Trinajstić information content (AvgIpc) is 3.18. The maximum Gasteiger partial charge on any atom is 0.252 e. The molecule has 0 aliphatic rings. The number of nitrogens with zero attached hydrogens (tertiary/aromatic N) is 3. The van der Waals surface area contributed by atoms with E-state index in [1.807, 2.05) is 11.4 Å². The zero-order valence-corrected chi connectivity index (χ0v) is 14.2. The molecule has 6 nitrogen and oxygen atoms in total. The van der Waals surface area contributed by atoms with Crippen molar-refractivity contribution in [3.05, 3.63) is 35.3 Å². The number of anilines is 1. The van der Waals surface area contributed by atoms with Crippen LogP contribution in [0.15, 0.2) is 39.5 Å². The van der Waals surface area contributed by atoms with Crippen LogP contribution >= 0.6 is 22.7 Å². The van der Waals surface area contributed by atoms with Gasteiger partial charge in [-0.3, -0.25) is 0 Å². The van der Waals surface area contributed by atoms with Gasteiger partial charge in [-0.1, -0.05) is 6.07 Å². The topological polar surface area (TPSA) is 75.2 Å². The summed E-state index contributed by atoms with van der Waals surface area (Å²) in [6.07, 6.45) is 1.51. The Balaban J connectivity index is 1.65. The summed E-state index contributed by atoms with van der Waals surface area (Å²) in [5.74, 6) is 0.730. The standard InChI is InChI=1S/C13H14N4O2S3/c1-17(22(18,19)11-3-2-7-20-11)6-5-14-12-10-4-8-21-13(10)16-9-15-12/h2-4,7-9H,5-6H2,1H3,(H,14,15,16). The van der Waals surface area contributed by atoms with E-state index < -0.39 is 10.0 Å². The van der Waals surface area contributed by atoms with E-state index in [0.29, 0.717) is 17.3 Å². The molecule has 116 valence electrons. The van der Waals surface area contributed by atoms with Crippen molar-refractivity contribution in [1.29, 1.82) is 0 Å². The number of thiophene rings is 2. The van der Waals surface area contributed by atoms with Gasteiger partial charge in [0.1, 0.15) is 21.2 Å². The number of hydrogen-bond donors (Lipinski definition) is 1. The van der Waals surface area contributed by atoms with Gasteiger partial charge in [-0.25, -0.2) is 18.4 Å². The lowest BCUT2D eigenvalue weighted by Gasteiger charge is -2.16. The van der Waals surface area contributed by atoms with E-state index in [-0.39, 0.29) is 0 Å². The van der Waals surface area contributed by atoms with Crippen LogP contribution in [0.5, 0.6) is 0 Å². The van der Waals surface area contributed by atoms with Crippen LogP contribution in [0.1, 0.15) is 0 Å². The van der Waals surface area contributed by atoms with Crippen LogP contribution in [-0.2, 0) is 10.0 Å². The van der Waals surface area contributed by atoms with Crippen molar-refractivity contribution >= 4 is 48.7 Å². The Morgan fingerprint density at radius 1 is 1.23 bits per heavy atom. The zero-order chi connectivity index (χ0) is 15.6. The largest absolute Gasteiger partial charge is 0.368 e. The van der Waals surface area contributed by atoms with Gasteiger partial charge < -0.3 is 5.32 Å². The van der Waals surface area contributed by atoms with Crippen LogP contribution in [0.25, 0.3) is 10.2 Å². The summed E-state index contributed by atoms with van der Waals surface area (Å²) in [6.45, 7) is 0.832. The molecule has 0 aliphatic heterocycles. The maximum absolute atomic E-state index is 12.3. The van der Waals surface area contributed by atoms with Gasteiger partial charge in [0.05, 0.1) is 5.39 Å². The van der Waals surface area contributed by atoms with Crippen molar-refractivity contribution in [2.75, 3.05) is 25.5 Å². The molecular weight excluding hydrogens is 340 g/mol. The van der Waals surface area contributed by atoms with Gasteiger partial charge in [-0.05, 0) is 22.9 Å². The van der Waals surface area contributed by atoms with E-state index >= 15 is 0 Å². The molecule has 3 aromatic rings. The summed E-state index contributed by atoms with van der Waals surface area (Å²) < 4.78 is 26.3. The summed E-state index contributed by atoms with van der Waals surface area (Å²) in [7, 11) is -1.82. The minimum atomic E-state index is -3.40. The van der Waals surface area contributed by atoms with Crippen LogP contribution in [0, 0.1) is 0 Å². The Morgan fingerprint density at radius 2 is 2.09 bits per heavy atom. The molecule has 0 unspecified atom stereocenters. The predicted octanol–water partition coefficient (Wildman–Crippen LogP) is 2.49. The Bertz CT molecular complexity index is 858. The molecule has 0 radical (unpaired) electrons. The lowest BCUT2D eigenvalue weighted by molar-refractivity contribution is 0.482. The zero-order valence-electron chi connectivity index (χ0n) is 11.8. The van der Waals surface area contributed by atoms with Crippen LogP contribution in [-0.4, -0.2) is 42.8 Å². The smallest absolute Gasteiger partial charge is 0.252 e. The Morgan fingerprint density at radius 3 is 2.86 bits per heavy atom. The first-order valence-corrected chi connectivity index (χ1v) is 9.71. The second-order valence-electron chi connectivity index (χ2n) is 4.55. The highest BCUT2D eigenvalue weighted by molar-refractivity contribution is 7.91.